The van der Waals surface area contributed by atoms with Crippen LogP contribution in [-0.2, 0) is 20.6 Å². The summed E-state index contributed by atoms with van der Waals surface area (Å²) in [5, 5.41) is 8.94. The number of rotatable bonds is 4. The monoisotopic (exact) mass is 427 g/mol. The summed E-state index contributed by atoms with van der Waals surface area (Å²) >= 11 is 0. The summed E-state index contributed by atoms with van der Waals surface area (Å²) in [4.78, 5) is 15.5. The summed E-state index contributed by atoms with van der Waals surface area (Å²) in [5.74, 6) is 0.814. The van der Waals surface area contributed by atoms with Crippen LogP contribution in [0.4, 0.5) is 0 Å². The van der Waals surface area contributed by atoms with Crippen molar-refractivity contribution in [3.8, 4) is 17.0 Å². The molecule has 2 aromatic heterocycles. The van der Waals surface area contributed by atoms with Gasteiger partial charge in [0.05, 0.1) is 19.0 Å². The van der Waals surface area contributed by atoms with Crippen molar-refractivity contribution < 1.29 is 9.53 Å². The molecule has 2 aromatic carbocycles. The second-order valence-electron chi connectivity index (χ2n) is 8.15. The third kappa shape index (κ3) is 3.56. The van der Waals surface area contributed by atoms with Crippen LogP contribution < -0.4 is 4.74 Å². The van der Waals surface area contributed by atoms with Gasteiger partial charge in [-0.15, -0.1) is 0 Å². The highest BCUT2D eigenvalue weighted by atomic mass is 16.5. The van der Waals surface area contributed by atoms with Crippen molar-refractivity contribution >= 4 is 5.91 Å². The zero-order valence-corrected chi connectivity index (χ0v) is 18.4. The first kappa shape index (κ1) is 20.1. The molecule has 0 radical (unpaired) electrons. The second-order valence-corrected chi connectivity index (χ2v) is 8.15. The molecule has 162 valence electrons. The lowest BCUT2D eigenvalue weighted by Crippen LogP contribution is -2.39. The van der Waals surface area contributed by atoms with Crippen molar-refractivity contribution in [3.05, 3.63) is 89.4 Å². The Morgan fingerprint density at radius 2 is 1.94 bits per heavy atom. The Morgan fingerprint density at radius 1 is 1.09 bits per heavy atom. The van der Waals surface area contributed by atoms with Crippen molar-refractivity contribution in [1.82, 2.24) is 24.5 Å². The van der Waals surface area contributed by atoms with Crippen LogP contribution in [0.1, 0.15) is 33.1 Å². The second kappa shape index (κ2) is 8.00. The Morgan fingerprint density at radius 3 is 2.72 bits per heavy atom. The lowest BCUT2D eigenvalue weighted by atomic mass is 9.86. The van der Waals surface area contributed by atoms with E-state index in [0.29, 0.717) is 18.8 Å². The Hall–Kier alpha value is -3.87. The highest BCUT2D eigenvalue weighted by molar-refractivity contribution is 5.94. The predicted molar refractivity (Wildman–Crippen MR) is 121 cm³/mol. The van der Waals surface area contributed by atoms with Gasteiger partial charge in [-0.1, -0.05) is 36.4 Å². The standard InChI is InChI=1S/C25H25N5O2/c1-28-14-19(13-26-28)22-16-30(15-18-7-4-5-10-21(18)22)25(31)24-12-23(27-29(24)2)17-8-6-9-20(11-17)32-3/h4-14,22H,15-16H2,1-3H3. The molecule has 4 aromatic rings. The third-order valence-corrected chi connectivity index (χ3v) is 6.07. The number of ether oxygens (including phenoxy) is 1. The van der Waals surface area contributed by atoms with Gasteiger partial charge in [0, 0.05) is 44.9 Å². The lowest BCUT2D eigenvalue weighted by Gasteiger charge is -2.34. The summed E-state index contributed by atoms with van der Waals surface area (Å²) in [6.07, 6.45) is 3.92. The minimum atomic E-state index is -0.0301. The lowest BCUT2D eigenvalue weighted by molar-refractivity contribution is 0.0714. The first-order chi connectivity index (χ1) is 15.5. The number of aromatic nitrogens is 4. The molecule has 7 heteroatoms. The van der Waals surface area contributed by atoms with Crippen molar-refractivity contribution in [2.45, 2.75) is 12.5 Å². The first-order valence-corrected chi connectivity index (χ1v) is 10.6. The fourth-order valence-corrected chi connectivity index (χ4v) is 4.42. The topological polar surface area (TPSA) is 65.2 Å². The number of nitrogens with zero attached hydrogens (tertiary/aromatic N) is 5. The number of carbonyl (C=O) groups is 1. The molecule has 0 saturated carbocycles. The number of fused-ring (bicyclic) bond motifs is 1. The maximum Gasteiger partial charge on any atom is 0.272 e. The Bertz CT molecular complexity index is 1290. The van der Waals surface area contributed by atoms with Crippen LogP contribution in [0.15, 0.2) is 67.0 Å². The minimum Gasteiger partial charge on any atom is -0.497 e. The minimum absolute atomic E-state index is 0.0301. The van der Waals surface area contributed by atoms with Crippen LogP contribution in [0, 0.1) is 0 Å². The molecule has 1 aliphatic heterocycles. The summed E-state index contributed by atoms with van der Waals surface area (Å²) in [7, 11) is 5.36. The van der Waals surface area contributed by atoms with Gasteiger partial charge >= 0.3 is 0 Å². The predicted octanol–water partition coefficient (Wildman–Crippen LogP) is 3.62. The molecule has 1 unspecified atom stereocenters. The van der Waals surface area contributed by atoms with Gasteiger partial charge in [0.15, 0.2) is 0 Å². The number of aryl methyl sites for hydroxylation is 2. The van der Waals surface area contributed by atoms with Gasteiger partial charge in [0.2, 0.25) is 0 Å². The van der Waals surface area contributed by atoms with Gasteiger partial charge in [-0.3, -0.25) is 14.2 Å². The van der Waals surface area contributed by atoms with Crippen LogP contribution >= 0.6 is 0 Å². The normalized spacial score (nSPS) is 15.5. The first-order valence-electron chi connectivity index (χ1n) is 10.6. The molecule has 32 heavy (non-hydrogen) atoms. The smallest absolute Gasteiger partial charge is 0.272 e. The molecule has 1 atom stereocenters. The summed E-state index contributed by atoms with van der Waals surface area (Å²) < 4.78 is 8.80. The zero-order valence-electron chi connectivity index (χ0n) is 18.4. The van der Waals surface area contributed by atoms with Gasteiger partial charge in [-0.25, -0.2) is 0 Å². The molecule has 3 heterocycles. The van der Waals surface area contributed by atoms with E-state index in [1.807, 2.05) is 67.8 Å². The molecule has 0 aliphatic carbocycles. The largest absolute Gasteiger partial charge is 0.497 e. The maximum absolute atomic E-state index is 13.6. The van der Waals surface area contributed by atoms with Gasteiger partial charge in [0.1, 0.15) is 11.4 Å². The number of hydrogen-bond acceptors (Lipinski definition) is 4. The number of benzene rings is 2. The summed E-state index contributed by atoms with van der Waals surface area (Å²) in [6.45, 7) is 1.17. The van der Waals surface area contributed by atoms with Gasteiger partial charge in [0.25, 0.3) is 5.91 Å². The molecule has 0 spiro atoms. The molecule has 1 aliphatic rings. The maximum atomic E-state index is 13.6. The Balaban J connectivity index is 1.48. The molecule has 1 amide bonds. The Kier molecular flexibility index (Phi) is 5.01. The van der Waals surface area contributed by atoms with E-state index in [2.05, 4.69) is 28.4 Å². The van der Waals surface area contributed by atoms with E-state index in [9.17, 15) is 4.79 Å². The summed E-state index contributed by atoms with van der Waals surface area (Å²) in [6, 6.07) is 17.9. The van der Waals surface area contributed by atoms with Gasteiger partial charge in [-0.2, -0.15) is 10.2 Å². The van der Waals surface area contributed by atoms with Crippen molar-refractivity contribution in [2.75, 3.05) is 13.7 Å². The van der Waals surface area contributed by atoms with Crippen molar-refractivity contribution in [2.24, 2.45) is 14.1 Å². The van der Waals surface area contributed by atoms with Crippen LogP contribution in [0.3, 0.4) is 0 Å². The number of hydrogen-bond donors (Lipinski definition) is 0. The van der Waals surface area contributed by atoms with Crippen LogP contribution in [0.2, 0.25) is 0 Å². The SMILES string of the molecule is COc1cccc(-c2cc(C(=O)N3Cc4ccccc4C(c4cnn(C)c4)C3)n(C)n2)c1. The molecule has 0 N–H and O–H groups in total. The van der Waals surface area contributed by atoms with E-state index in [-0.39, 0.29) is 11.8 Å². The fourth-order valence-electron chi connectivity index (χ4n) is 4.42. The van der Waals surface area contributed by atoms with Gasteiger partial charge < -0.3 is 9.64 Å². The molecule has 0 fully saturated rings. The van der Waals surface area contributed by atoms with E-state index in [4.69, 9.17) is 4.74 Å². The third-order valence-electron chi connectivity index (χ3n) is 6.07. The van der Waals surface area contributed by atoms with E-state index < -0.39 is 0 Å². The number of carbonyl (C=O) groups excluding carboxylic acids is 1. The fraction of sp³-hybridized carbons (Fsp3) is 0.240. The van der Waals surface area contributed by atoms with Gasteiger partial charge in [-0.05, 0) is 34.9 Å². The zero-order chi connectivity index (χ0) is 22.2. The van der Waals surface area contributed by atoms with E-state index >= 15 is 0 Å². The number of amides is 1. The van der Waals surface area contributed by atoms with Crippen molar-refractivity contribution in [3.63, 3.8) is 0 Å². The Labute approximate surface area is 186 Å². The van der Waals surface area contributed by atoms with Crippen molar-refractivity contribution in [1.29, 1.82) is 0 Å². The molecular weight excluding hydrogens is 402 g/mol. The highest BCUT2D eigenvalue weighted by Gasteiger charge is 2.31. The summed E-state index contributed by atoms with van der Waals surface area (Å²) in [5.41, 5.74) is 5.75. The molecule has 0 saturated heterocycles. The molecular formula is C25H25N5O2. The average Bonchev–Trinajstić information content (AvgIpc) is 3.43. The quantitative estimate of drug-likeness (QED) is 0.499. The van der Waals surface area contributed by atoms with E-state index in [0.717, 1.165) is 28.1 Å². The molecule has 7 nitrogen and oxygen atoms in total. The van der Waals surface area contributed by atoms with Crippen LogP contribution in [0.5, 0.6) is 5.75 Å². The molecule has 0 bridgehead atoms. The van der Waals surface area contributed by atoms with Crippen LogP contribution in [0.25, 0.3) is 11.3 Å². The van der Waals surface area contributed by atoms with E-state index in [1.165, 1.54) is 5.56 Å². The van der Waals surface area contributed by atoms with Crippen LogP contribution in [-0.4, -0.2) is 44.0 Å². The highest BCUT2D eigenvalue weighted by Crippen LogP contribution is 2.34. The average molecular weight is 428 g/mol. The number of methoxy groups -OCH3 is 1. The molecule has 5 rings (SSSR count). The van der Waals surface area contributed by atoms with E-state index in [1.54, 1.807) is 16.5 Å².